The van der Waals surface area contributed by atoms with Gasteiger partial charge in [0.25, 0.3) is 11.8 Å². The van der Waals surface area contributed by atoms with Gasteiger partial charge in [0.15, 0.2) is 5.78 Å². The van der Waals surface area contributed by atoms with Crippen molar-refractivity contribution in [3.05, 3.63) is 54.1 Å². The number of carbonyl (C=O) groups excluding carboxylic acids is 4. The molecule has 0 radical (unpaired) electrons. The number of Topliss-reactive ketones (excluding diaryl/α,β-unsaturated/α-hetero) is 1. The molecule has 9 nitrogen and oxygen atoms in total. The summed E-state index contributed by atoms with van der Waals surface area (Å²) in [6, 6.07) is 14.7. The minimum absolute atomic E-state index is 0.0360. The third-order valence-corrected chi connectivity index (χ3v) is 8.97. The molecule has 4 saturated heterocycles. The van der Waals surface area contributed by atoms with Crippen molar-refractivity contribution in [2.45, 2.75) is 82.1 Å². The van der Waals surface area contributed by atoms with Crippen LogP contribution in [0, 0.1) is 0 Å². The van der Waals surface area contributed by atoms with Gasteiger partial charge in [-0.3, -0.25) is 19.2 Å². The second kappa shape index (κ2) is 12.8. The number of amides is 3. The Balaban J connectivity index is 1.03. The van der Waals surface area contributed by atoms with Gasteiger partial charge in [0.1, 0.15) is 18.2 Å². The molecule has 4 atom stereocenters. The summed E-state index contributed by atoms with van der Waals surface area (Å²) >= 11 is 0. The number of likely N-dealkylation sites (tertiary alicyclic amines) is 2. The number of anilines is 1. The molecule has 0 aliphatic carbocycles. The molecule has 0 unspecified atom stereocenters. The van der Waals surface area contributed by atoms with Gasteiger partial charge in [-0.15, -0.1) is 0 Å². The molecule has 2 aromatic carbocycles. The molecule has 4 fully saturated rings. The van der Waals surface area contributed by atoms with E-state index in [-0.39, 0.29) is 29.5 Å². The Labute approximate surface area is 246 Å². The number of nitrogens with zero attached hydrogens (tertiary/aromatic N) is 2. The van der Waals surface area contributed by atoms with Crippen LogP contribution in [0.25, 0.3) is 11.1 Å². The van der Waals surface area contributed by atoms with E-state index >= 15 is 0 Å². The minimum Gasteiger partial charge on any atom is -0.368 e. The van der Waals surface area contributed by atoms with Crippen molar-refractivity contribution in [2.75, 3.05) is 31.6 Å². The maximum atomic E-state index is 13.1. The van der Waals surface area contributed by atoms with Crippen molar-refractivity contribution in [3.8, 4) is 11.1 Å². The topological polar surface area (TPSA) is 105 Å². The monoisotopic (exact) mass is 573 g/mol. The summed E-state index contributed by atoms with van der Waals surface area (Å²) in [7, 11) is 0. The van der Waals surface area contributed by atoms with Gasteiger partial charge in [0.05, 0.1) is 6.04 Å². The van der Waals surface area contributed by atoms with Crippen molar-refractivity contribution in [2.24, 2.45) is 0 Å². The third-order valence-electron chi connectivity index (χ3n) is 8.97. The normalized spacial score (nSPS) is 25.6. The van der Waals surface area contributed by atoms with Crippen molar-refractivity contribution in [1.29, 1.82) is 0 Å². The zero-order chi connectivity index (χ0) is 29.1. The smallest absolute Gasteiger partial charge is 0.252 e. The lowest BCUT2D eigenvalue weighted by molar-refractivity contribution is -0.145. The largest absolute Gasteiger partial charge is 0.368 e. The molecule has 9 heteroatoms. The Bertz CT molecular complexity index is 1200. The number of nitrogens with one attached hydrogen (secondary N) is 1. The fourth-order valence-electron chi connectivity index (χ4n) is 6.69. The molecule has 0 aromatic heterocycles. The number of rotatable bonds is 8. The number of hydrogen-bond donors (Lipinski definition) is 1. The summed E-state index contributed by atoms with van der Waals surface area (Å²) in [5.41, 5.74) is 3.60. The van der Waals surface area contributed by atoms with E-state index in [4.69, 9.17) is 9.47 Å². The second-order valence-corrected chi connectivity index (χ2v) is 11.8. The highest BCUT2D eigenvalue weighted by atomic mass is 16.5. The van der Waals surface area contributed by atoms with Gasteiger partial charge in [-0.05, 0) is 80.2 Å². The molecule has 0 saturated carbocycles. The molecule has 4 aliphatic heterocycles. The number of carbonyl (C=O) groups is 4. The number of ketones is 1. The van der Waals surface area contributed by atoms with E-state index in [1.165, 1.54) is 0 Å². The Hall–Kier alpha value is -3.56. The molecule has 3 amide bonds. The van der Waals surface area contributed by atoms with E-state index < -0.39 is 18.2 Å². The van der Waals surface area contributed by atoms with Crippen molar-refractivity contribution in [3.63, 3.8) is 0 Å². The molecule has 0 bridgehead atoms. The molecule has 42 heavy (non-hydrogen) atoms. The summed E-state index contributed by atoms with van der Waals surface area (Å²) in [6.07, 6.45) is 5.73. The Kier molecular flexibility index (Phi) is 8.67. The average Bonchev–Trinajstić information content (AvgIpc) is 3.84. The number of benzene rings is 2. The highest BCUT2D eigenvalue weighted by Crippen LogP contribution is 2.27. The molecule has 2 aromatic rings. The molecule has 222 valence electrons. The van der Waals surface area contributed by atoms with E-state index in [0.29, 0.717) is 51.3 Å². The second-order valence-electron chi connectivity index (χ2n) is 11.8. The van der Waals surface area contributed by atoms with Gasteiger partial charge >= 0.3 is 0 Å². The van der Waals surface area contributed by atoms with Gasteiger partial charge in [-0.2, -0.15) is 0 Å². The first kappa shape index (κ1) is 28.6. The summed E-state index contributed by atoms with van der Waals surface area (Å²) in [5, 5.41) is 2.98. The Morgan fingerprint density at radius 3 is 1.74 bits per heavy atom. The number of hydrogen-bond acceptors (Lipinski definition) is 6. The highest BCUT2D eigenvalue weighted by Gasteiger charge is 2.39. The van der Waals surface area contributed by atoms with Gasteiger partial charge in [-0.1, -0.05) is 36.4 Å². The fourth-order valence-corrected chi connectivity index (χ4v) is 6.69. The van der Waals surface area contributed by atoms with Crippen LogP contribution in [-0.4, -0.2) is 83.9 Å². The van der Waals surface area contributed by atoms with E-state index in [1.54, 1.807) is 9.80 Å². The van der Waals surface area contributed by atoms with Crippen LogP contribution in [0.15, 0.2) is 48.5 Å². The first-order chi connectivity index (χ1) is 20.5. The Morgan fingerprint density at radius 2 is 1.19 bits per heavy atom. The van der Waals surface area contributed by atoms with Crippen LogP contribution in [0.4, 0.5) is 5.69 Å². The lowest BCUT2D eigenvalue weighted by atomic mass is 9.98. The van der Waals surface area contributed by atoms with Gasteiger partial charge in [0, 0.05) is 38.4 Å². The zero-order valence-electron chi connectivity index (χ0n) is 24.0. The molecule has 0 spiro atoms. The SMILES string of the molecule is O=C(Cc1ccc(-c2ccc(NC(=O)[C@@H]3CCCN3C(=O)[C@H]3CCCO3)cc2)cc1)[C@@H]1CCCN1C(=O)[C@H]1CCCO1. The lowest BCUT2D eigenvalue weighted by Crippen LogP contribution is -2.47. The van der Waals surface area contributed by atoms with E-state index in [2.05, 4.69) is 5.32 Å². The van der Waals surface area contributed by atoms with Crippen LogP contribution in [0.5, 0.6) is 0 Å². The van der Waals surface area contributed by atoms with E-state index in [1.807, 2.05) is 48.5 Å². The minimum atomic E-state index is -0.470. The van der Waals surface area contributed by atoms with Crippen LogP contribution in [-0.2, 0) is 35.1 Å². The van der Waals surface area contributed by atoms with E-state index in [9.17, 15) is 19.2 Å². The van der Waals surface area contributed by atoms with E-state index in [0.717, 1.165) is 55.2 Å². The van der Waals surface area contributed by atoms with Crippen LogP contribution < -0.4 is 5.32 Å². The zero-order valence-corrected chi connectivity index (χ0v) is 24.0. The lowest BCUT2D eigenvalue weighted by Gasteiger charge is -2.26. The number of ether oxygens (including phenoxy) is 2. The van der Waals surface area contributed by atoms with Gasteiger partial charge in [-0.25, -0.2) is 0 Å². The summed E-state index contributed by atoms with van der Waals surface area (Å²) in [6.45, 7) is 2.43. The van der Waals surface area contributed by atoms with Crippen molar-refractivity contribution < 1.29 is 28.7 Å². The van der Waals surface area contributed by atoms with Crippen LogP contribution in [0.3, 0.4) is 0 Å². The molecule has 4 aliphatic rings. The molecular formula is C33H39N3O6. The third kappa shape index (κ3) is 6.13. The molecule has 1 N–H and O–H groups in total. The Morgan fingerprint density at radius 1 is 0.667 bits per heavy atom. The maximum Gasteiger partial charge on any atom is 0.252 e. The molecule has 6 rings (SSSR count). The quantitative estimate of drug-likeness (QED) is 0.516. The molecular weight excluding hydrogens is 534 g/mol. The standard InChI is InChI=1S/C33H39N3O6/c37-28(26-5-1-17-35(26)32(39)29-7-3-19-41-29)21-22-9-11-23(12-10-22)24-13-15-25(16-14-24)34-31(38)27-6-2-18-36(27)33(40)30-8-4-20-42-30/h9-16,26-27,29-30H,1-8,17-21H2,(H,34,38)/t26-,27-,29+,30+/m0/s1. The maximum absolute atomic E-state index is 13.1. The summed E-state index contributed by atoms with van der Waals surface area (Å²) in [4.78, 5) is 55.3. The predicted octanol–water partition coefficient (Wildman–Crippen LogP) is 3.74. The van der Waals surface area contributed by atoms with Gasteiger partial charge in [0.2, 0.25) is 5.91 Å². The van der Waals surface area contributed by atoms with Crippen molar-refractivity contribution >= 4 is 29.2 Å². The fraction of sp³-hybridized carbons (Fsp3) is 0.515. The van der Waals surface area contributed by atoms with Crippen LogP contribution >= 0.6 is 0 Å². The van der Waals surface area contributed by atoms with Crippen LogP contribution in [0.2, 0.25) is 0 Å². The average molecular weight is 574 g/mol. The highest BCUT2D eigenvalue weighted by molar-refractivity contribution is 5.98. The van der Waals surface area contributed by atoms with Crippen molar-refractivity contribution in [1.82, 2.24) is 9.80 Å². The van der Waals surface area contributed by atoms with Crippen LogP contribution in [0.1, 0.15) is 56.9 Å². The summed E-state index contributed by atoms with van der Waals surface area (Å²) in [5.74, 6) is -0.201. The van der Waals surface area contributed by atoms with Gasteiger partial charge < -0.3 is 24.6 Å². The first-order valence-corrected chi connectivity index (χ1v) is 15.3. The first-order valence-electron chi connectivity index (χ1n) is 15.3. The molecule has 4 heterocycles. The predicted molar refractivity (Wildman–Crippen MR) is 157 cm³/mol. The summed E-state index contributed by atoms with van der Waals surface area (Å²) < 4.78 is 11.1.